The van der Waals surface area contributed by atoms with Gasteiger partial charge in [-0.2, -0.15) is 0 Å². The lowest BCUT2D eigenvalue weighted by atomic mass is 9.87. The number of aromatic carboxylic acids is 1. The minimum atomic E-state index is -1.15. The summed E-state index contributed by atoms with van der Waals surface area (Å²) in [5.74, 6) is -1.05. The molecule has 0 saturated heterocycles. The SMILES string of the molecule is CC(C)(C)c1ccc(OCC(=O)Nc2cc(Cl)ccc2C(=O)O)cc1. The van der Waals surface area contributed by atoms with Crippen LogP contribution in [0.4, 0.5) is 5.69 Å². The second kappa shape index (κ2) is 7.57. The first kappa shape index (κ1) is 18.8. The fourth-order valence-corrected chi connectivity index (χ4v) is 2.36. The Bertz CT molecular complexity index is 779. The number of hydrogen-bond acceptors (Lipinski definition) is 3. The maximum Gasteiger partial charge on any atom is 0.337 e. The Balaban J connectivity index is 2.00. The zero-order chi connectivity index (χ0) is 18.6. The second-order valence-electron chi connectivity index (χ2n) is 6.61. The summed E-state index contributed by atoms with van der Waals surface area (Å²) >= 11 is 5.85. The van der Waals surface area contributed by atoms with E-state index in [9.17, 15) is 9.59 Å². The number of nitrogens with one attached hydrogen (secondary N) is 1. The highest BCUT2D eigenvalue weighted by Gasteiger charge is 2.15. The van der Waals surface area contributed by atoms with Crippen LogP contribution < -0.4 is 10.1 Å². The first-order valence-corrected chi connectivity index (χ1v) is 8.10. The number of benzene rings is 2. The van der Waals surface area contributed by atoms with Crippen molar-refractivity contribution in [1.82, 2.24) is 0 Å². The summed E-state index contributed by atoms with van der Waals surface area (Å²) < 4.78 is 5.45. The van der Waals surface area contributed by atoms with Crippen LogP contribution in [-0.2, 0) is 10.2 Å². The molecule has 2 aromatic carbocycles. The van der Waals surface area contributed by atoms with Crippen molar-refractivity contribution in [2.24, 2.45) is 0 Å². The number of carbonyl (C=O) groups is 2. The molecule has 0 atom stereocenters. The molecule has 1 amide bonds. The van der Waals surface area contributed by atoms with Gasteiger partial charge in [-0.1, -0.05) is 44.5 Å². The molecule has 2 aromatic rings. The largest absolute Gasteiger partial charge is 0.484 e. The molecule has 132 valence electrons. The van der Waals surface area contributed by atoms with Crippen LogP contribution in [0.5, 0.6) is 5.75 Å². The molecule has 25 heavy (non-hydrogen) atoms. The van der Waals surface area contributed by atoms with Crippen molar-refractivity contribution >= 4 is 29.2 Å². The quantitative estimate of drug-likeness (QED) is 0.829. The van der Waals surface area contributed by atoms with Crippen molar-refractivity contribution in [2.45, 2.75) is 26.2 Å². The normalized spacial score (nSPS) is 11.0. The highest BCUT2D eigenvalue weighted by molar-refractivity contribution is 6.31. The van der Waals surface area contributed by atoms with E-state index in [1.54, 1.807) is 12.1 Å². The van der Waals surface area contributed by atoms with Crippen LogP contribution >= 0.6 is 11.6 Å². The van der Waals surface area contributed by atoms with Crippen molar-refractivity contribution < 1.29 is 19.4 Å². The van der Waals surface area contributed by atoms with Gasteiger partial charge in [-0.3, -0.25) is 4.79 Å². The van der Waals surface area contributed by atoms with E-state index < -0.39 is 11.9 Å². The van der Waals surface area contributed by atoms with Gasteiger partial charge in [0.2, 0.25) is 0 Å². The van der Waals surface area contributed by atoms with Crippen LogP contribution in [0.3, 0.4) is 0 Å². The lowest BCUT2D eigenvalue weighted by Crippen LogP contribution is -2.21. The molecule has 0 aliphatic rings. The van der Waals surface area contributed by atoms with Gasteiger partial charge < -0.3 is 15.2 Å². The maximum absolute atomic E-state index is 12.0. The van der Waals surface area contributed by atoms with E-state index in [0.29, 0.717) is 10.8 Å². The Morgan fingerprint density at radius 3 is 2.32 bits per heavy atom. The van der Waals surface area contributed by atoms with Crippen molar-refractivity contribution in [3.05, 3.63) is 58.6 Å². The van der Waals surface area contributed by atoms with Crippen molar-refractivity contribution in [1.29, 1.82) is 0 Å². The number of hydrogen-bond donors (Lipinski definition) is 2. The van der Waals surface area contributed by atoms with E-state index in [1.807, 2.05) is 12.1 Å². The number of ether oxygens (including phenoxy) is 1. The van der Waals surface area contributed by atoms with Crippen LogP contribution in [0.2, 0.25) is 5.02 Å². The summed E-state index contributed by atoms with van der Waals surface area (Å²) in [7, 11) is 0. The van der Waals surface area contributed by atoms with Gasteiger partial charge in [-0.15, -0.1) is 0 Å². The molecular weight excluding hydrogens is 342 g/mol. The standard InChI is InChI=1S/C19H20ClNO4/c1-19(2,3)12-4-7-14(8-5-12)25-11-17(22)21-16-10-13(20)6-9-15(16)18(23)24/h4-10H,11H2,1-3H3,(H,21,22)(H,23,24). The molecule has 0 saturated carbocycles. The molecule has 5 nitrogen and oxygen atoms in total. The molecule has 2 N–H and O–H groups in total. The lowest BCUT2D eigenvalue weighted by molar-refractivity contribution is -0.118. The fraction of sp³-hybridized carbons (Fsp3) is 0.263. The molecule has 0 aromatic heterocycles. The summed E-state index contributed by atoms with van der Waals surface area (Å²) in [4.78, 5) is 23.2. The molecule has 0 aliphatic heterocycles. The average molecular weight is 362 g/mol. The predicted molar refractivity (Wildman–Crippen MR) is 97.7 cm³/mol. The van der Waals surface area contributed by atoms with Gasteiger partial charge in [0, 0.05) is 5.02 Å². The molecule has 0 aliphatic carbocycles. The minimum absolute atomic E-state index is 0.0349. The van der Waals surface area contributed by atoms with Gasteiger partial charge in [-0.25, -0.2) is 4.79 Å². The zero-order valence-electron chi connectivity index (χ0n) is 14.3. The highest BCUT2D eigenvalue weighted by atomic mass is 35.5. The van der Waals surface area contributed by atoms with E-state index in [-0.39, 0.29) is 23.3 Å². The first-order chi connectivity index (χ1) is 11.7. The predicted octanol–water partition coefficient (Wildman–Crippen LogP) is 4.35. The van der Waals surface area contributed by atoms with Gasteiger partial charge in [0.25, 0.3) is 5.91 Å². The molecule has 0 radical (unpaired) electrons. The van der Waals surface area contributed by atoms with Crippen molar-refractivity contribution in [3.8, 4) is 5.75 Å². The number of carboxylic acid groups (broad SMARTS) is 1. The number of rotatable bonds is 5. The number of halogens is 1. The summed E-state index contributed by atoms with van der Waals surface area (Å²) in [6, 6.07) is 11.7. The molecular formula is C19H20ClNO4. The average Bonchev–Trinajstić information content (AvgIpc) is 2.52. The highest BCUT2D eigenvalue weighted by Crippen LogP contribution is 2.24. The van der Waals surface area contributed by atoms with Crippen LogP contribution in [0.25, 0.3) is 0 Å². The first-order valence-electron chi connectivity index (χ1n) is 7.73. The number of carboxylic acids is 1. The maximum atomic E-state index is 12.0. The monoisotopic (exact) mass is 361 g/mol. The van der Waals surface area contributed by atoms with Crippen molar-refractivity contribution in [3.63, 3.8) is 0 Å². The van der Waals surface area contributed by atoms with Crippen LogP contribution in [-0.4, -0.2) is 23.6 Å². The lowest BCUT2D eigenvalue weighted by Gasteiger charge is -2.19. The molecule has 0 unspecified atom stereocenters. The Morgan fingerprint density at radius 2 is 1.76 bits per heavy atom. The third kappa shape index (κ3) is 5.22. The van der Waals surface area contributed by atoms with Gasteiger partial charge in [0.05, 0.1) is 11.3 Å². The minimum Gasteiger partial charge on any atom is -0.484 e. The third-order valence-corrected chi connectivity index (χ3v) is 3.81. The zero-order valence-corrected chi connectivity index (χ0v) is 15.1. The van der Waals surface area contributed by atoms with Crippen LogP contribution in [0.15, 0.2) is 42.5 Å². The van der Waals surface area contributed by atoms with Gasteiger partial charge in [-0.05, 0) is 41.3 Å². The summed E-state index contributed by atoms with van der Waals surface area (Å²) in [5, 5.41) is 12.0. The van der Waals surface area contributed by atoms with E-state index in [1.165, 1.54) is 18.2 Å². The van der Waals surface area contributed by atoms with Gasteiger partial charge in [0.15, 0.2) is 6.61 Å². The Morgan fingerprint density at radius 1 is 1.12 bits per heavy atom. The van der Waals surface area contributed by atoms with E-state index >= 15 is 0 Å². The van der Waals surface area contributed by atoms with E-state index in [0.717, 1.165) is 5.56 Å². The Hall–Kier alpha value is -2.53. The number of amides is 1. The molecule has 0 bridgehead atoms. The summed E-state index contributed by atoms with van der Waals surface area (Å²) in [6.07, 6.45) is 0. The Labute approximate surface area is 151 Å². The van der Waals surface area contributed by atoms with E-state index in [2.05, 4.69) is 26.1 Å². The van der Waals surface area contributed by atoms with Crippen LogP contribution in [0, 0.1) is 0 Å². The number of anilines is 1. The molecule has 0 heterocycles. The van der Waals surface area contributed by atoms with Crippen LogP contribution in [0.1, 0.15) is 36.7 Å². The molecule has 0 fully saturated rings. The van der Waals surface area contributed by atoms with Crippen molar-refractivity contribution in [2.75, 3.05) is 11.9 Å². The third-order valence-electron chi connectivity index (χ3n) is 3.58. The Kier molecular flexibility index (Phi) is 5.69. The van der Waals surface area contributed by atoms with E-state index in [4.69, 9.17) is 21.4 Å². The molecule has 6 heteroatoms. The topological polar surface area (TPSA) is 75.6 Å². The molecule has 0 spiro atoms. The summed E-state index contributed by atoms with van der Waals surface area (Å²) in [6.45, 7) is 6.10. The summed E-state index contributed by atoms with van der Waals surface area (Å²) in [5.41, 5.74) is 1.30. The number of carbonyl (C=O) groups excluding carboxylic acids is 1. The van der Waals surface area contributed by atoms with Gasteiger partial charge in [0.1, 0.15) is 5.75 Å². The second-order valence-corrected chi connectivity index (χ2v) is 7.04. The molecule has 2 rings (SSSR count). The fourth-order valence-electron chi connectivity index (χ4n) is 2.19. The van der Waals surface area contributed by atoms with Gasteiger partial charge >= 0.3 is 5.97 Å². The smallest absolute Gasteiger partial charge is 0.337 e.